The van der Waals surface area contributed by atoms with E-state index < -0.39 is 0 Å². The largest absolute Gasteiger partial charge is 0.314 e. The third-order valence-electron chi connectivity index (χ3n) is 2.76. The van der Waals surface area contributed by atoms with Crippen molar-refractivity contribution in [1.82, 2.24) is 10.3 Å². The molecule has 2 nitrogen and oxygen atoms in total. The average molecular weight is 222 g/mol. The van der Waals surface area contributed by atoms with Crippen LogP contribution in [0.25, 0.3) is 0 Å². The predicted molar refractivity (Wildman–Crippen MR) is 66.3 cm³/mol. The predicted octanol–water partition coefficient (Wildman–Crippen LogP) is 2.11. The first-order valence-electron chi connectivity index (χ1n) is 5.66. The van der Waals surface area contributed by atoms with Gasteiger partial charge in [0.2, 0.25) is 0 Å². The summed E-state index contributed by atoms with van der Waals surface area (Å²) < 4.78 is 0. The van der Waals surface area contributed by atoms with Gasteiger partial charge in [-0.3, -0.25) is 4.98 Å². The van der Waals surface area contributed by atoms with Crippen LogP contribution in [0.15, 0.2) is 24.4 Å². The number of nitrogens with one attached hydrogen (secondary N) is 1. The standard InChI is InChI=1S/C12H18N2S/c1-2-7-13-11(3-1)4-8-14-12-5-9-15-10-6-12/h1-3,7,12,14H,4-6,8-10H2. The van der Waals surface area contributed by atoms with Crippen LogP contribution in [0, 0.1) is 0 Å². The first-order chi connectivity index (χ1) is 7.45. The van der Waals surface area contributed by atoms with Crippen molar-refractivity contribution in [2.75, 3.05) is 18.1 Å². The van der Waals surface area contributed by atoms with Gasteiger partial charge in [0.1, 0.15) is 0 Å². The molecule has 1 N–H and O–H groups in total. The van der Waals surface area contributed by atoms with E-state index >= 15 is 0 Å². The average Bonchev–Trinajstić information content (AvgIpc) is 2.32. The van der Waals surface area contributed by atoms with E-state index in [0.717, 1.165) is 19.0 Å². The summed E-state index contributed by atoms with van der Waals surface area (Å²) >= 11 is 2.08. The molecule has 0 bridgehead atoms. The Morgan fingerprint density at radius 3 is 2.93 bits per heavy atom. The highest BCUT2D eigenvalue weighted by Gasteiger charge is 2.12. The minimum Gasteiger partial charge on any atom is -0.314 e. The maximum atomic E-state index is 4.32. The molecular formula is C12H18N2S. The summed E-state index contributed by atoms with van der Waals surface area (Å²) in [5.74, 6) is 2.64. The van der Waals surface area contributed by atoms with Gasteiger partial charge in [-0.1, -0.05) is 6.07 Å². The van der Waals surface area contributed by atoms with Gasteiger partial charge in [-0.15, -0.1) is 0 Å². The van der Waals surface area contributed by atoms with Gasteiger partial charge in [0, 0.05) is 30.9 Å². The van der Waals surface area contributed by atoms with Crippen molar-refractivity contribution < 1.29 is 0 Å². The number of nitrogens with zero attached hydrogens (tertiary/aromatic N) is 1. The summed E-state index contributed by atoms with van der Waals surface area (Å²) in [5, 5.41) is 3.62. The lowest BCUT2D eigenvalue weighted by molar-refractivity contribution is 0.485. The van der Waals surface area contributed by atoms with Gasteiger partial charge in [-0.2, -0.15) is 11.8 Å². The second kappa shape index (κ2) is 6.13. The fourth-order valence-electron chi connectivity index (χ4n) is 1.85. The SMILES string of the molecule is c1ccc(CCNC2CCSCC2)nc1. The highest BCUT2D eigenvalue weighted by Crippen LogP contribution is 2.16. The Bertz CT molecular complexity index is 270. The van der Waals surface area contributed by atoms with E-state index in [1.165, 1.54) is 30.0 Å². The van der Waals surface area contributed by atoms with Crippen molar-refractivity contribution in [2.24, 2.45) is 0 Å². The number of thioether (sulfide) groups is 1. The summed E-state index contributed by atoms with van der Waals surface area (Å²) in [7, 11) is 0. The first-order valence-corrected chi connectivity index (χ1v) is 6.81. The van der Waals surface area contributed by atoms with E-state index in [0.29, 0.717) is 0 Å². The maximum Gasteiger partial charge on any atom is 0.0416 e. The van der Waals surface area contributed by atoms with Crippen LogP contribution >= 0.6 is 11.8 Å². The van der Waals surface area contributed by atoms with Gasteiger partial charge in [0.25, 0.3) is 0 Å². The van der Waals surface area contributed by atoms with Gasteiger partial charge in [-0.25, -0.2) is 0 Å². The number of hydrogen-bond donors (Lipinski definition) is 1. The molecule has 0 amide bonds. The Kier molecular flexibility index (Phi) is 4.48. The van der Waals surface area contributed by atoms with E-state index in [1.54, 1.807) is 0 Å². The third kappa shape index (κ3) is 3.84. The van der Waals surface area contributed by atoms with Crippen LogP contribution in [0.4, 0.5) is 0 Å². The molecule has 1 aromatic rings. The van der Waals surface area contributed by atoms with Crippen LogP contribution in [0.5, 0.6) is 0 Å². The molecule has 2 rings (SSSR count). The Balaban J connectivity index is 1.66. The van der Waals surface area contributed by atoms with Gasteiger partial charge in [-0.05, 0) is 36.5 Å². The summed E-state index contributed by atoms with van der Waals surface area (Å²) in [6.07, 6.45) is 5.57. The van der Waals surface area contributed by atoms with E-state index in [4.69, 9.17) is 0 Å². The lowest BCUT2D eigenvalue weighted by Crippen LogP contribution is -2.34. The summed E-state index contributed by atoms with van der Waals surface area (Å²) in [5.41, 5.74) is 1.19. The van der Waals surface area contributed by atoms with Crippen LogP contribution in [0.2, 0.25) is 0 Å². The van der Waals surface area contributed by atoms with Crippen molar-refractivity contribution in [2.45, 2.75) is 25.3 Å². The number of pyridine rings is 1. The Morgan fingerprint density at radius 2 is 2.20 bits per heavy atom. The summed E-state index contributed by atoms with van der Waals surface area (Å²) in [6.45, 7) is 1.06. The van der Waals surface area contributed by atoms with Gasteiger partial charge in [0.15, 0.2) is 0 Å². The molecule has 1 saturated heterocycles. The molecule has 82 valence electrons. The van der Waals surface area contributed by atoms with Crippen LogP contribution < -0.4 is 5.32 Å². The molecule has 0 unspecified atom stereocenters. The fourth-order valence-corrected chi connectivity index (χ4v) is 2.96. The van der Waals surface area contributed by atoms with Crippen molar-refractivity contribution in [3.63, 3.8) is 0 Å². The van der Waals surface area contributed by atoms with Crippen molar-refractivity contribution in [3.8, 4) is 0 Å². The van der Waals surface area contributed by atoms with E-state index in [1.807, 2.05) is 12.3 Å². The van der Waals surface area contributed by atoms with E-state index in [9.17, 15) is 0 Å². The molecule has 1 fully saturated rings. The molecule has 1 aliphatic heterocycles. The van der Waals surface area contributed by atoms with E-state index in [2.05, 4.69) is 34.2 Å². The molecule has 0 aliphatic carbocycles. The first kappa shape index (κ1) is 11.0. The van der Waals surface area contributed by atoms with Crippen molar-refractivity contribution in [3.05, 3.63) is 30.1 Å². The van der Waals surface area contributed by atoms with E-state index in [-0.39, 0.29) is 0 Å². The molecule has 0 saturated carbocycles. The maximum absolute atomic E-state index is 4.32. The lowest BCUT2D eigenvalue weighted by atomic mass is 10.1. The normalized spacial score (nSPS) is 17.9. The highest BCUT2D eigenvalue weighted by atomic mass is 32.2. The van der Waals surface area contributed by atoms with Gasteiger partial charge >= 0.3 is 0 Å². The number of hydrogen-bond acceptors (Lipinski definition) is 3. The number of aromatic nitrogens is 1. The Labute approximate surface area is 95.9 Å². The Hall–Kier alpha value is -0.540. The van der Waals surface area contributed by atoms with Crippen molar-refractivity contribution >= 4 is 11.8 Å². The third-order valence-corrected chi connectivity index (χ3v) is 3.81. The zero-order valence-electron chi connectivity index (χ0n) is 8.98. The summed E-state index contributed by atoms with van der Waals surface area (Å²) in [4.78, 5) is 4.32. The molecule has 0 spiro atoms. The zero-order chi connectivity index (χ0) is 10.3. The quantitative estimate of drug-likeness (QED) is 0.844. The second-order valence-corrected chi connectivity index (χ2v) is 5.14. The van der Waals surface area contributed by atoms with Crippen LogP contribution in [-0.2, 0) is 6.42 Å². The molecule has 3 heteroatoms. The van der Waals surface area contributed by atoms with Gasteiger partial charge < -0.3 is 5.32 Å². The molecular weight excluding hydrogens is 204 g/mol. The lowest BCUT2D eigenvalue weighted by Gasteiger charge is -2.22. The topological polar surface area (TPSA) is 24.9 Å². The number of rotatable bonds is 4. The Morgan fingerprint density at radius 1 is 1.33 bits per heavy atom. The molecule has 0 atom stereocenters. The van der Waals surface area contributed by atoms with Crippen molar-refractivity contribution in [1.29, 1.82) is 0 Å². The second-order valence-electron chi connectivity index (χ2n) is 3.91. The van der Waals surface area contributed by atoms with Crippen LogP contribution in [-0.4, -0.2) is 29.1 Å². The molecule has 15 heavy (non-hydrogen) atoms. The van der Waals surface area contributed by atoms with Gasteiger partial charge in [0.05, 0.1) is 0 Å². The highest BCUT2D eigenvalue weighted by molar-refractivity contribution is 7.99. The monoisotopic (exact) mass is 222 g/mol. The smallest absolute Gasteiger partial charge is 0.0416 e. The van der Waals surface area contributed by atoms with Crippen LogP contribution in [0.1, 0.15) is 18.5 Å². The zero-order valence-corrected chi connectivity index (χ0v) is 9.80. The van der Waals surface area contributed by atoms with Crippen LogP contribution in [0.3, 0.4) is 0 Å². The molecule has 1 aromatic heterocycles. The molecule has 0 radical (unpaired) electrons. The molecule has 2 heterocycles. The fraction of sp³-hybridized carbons (Fsp3) is 0.583. The minimum atomic E-state index is 0.745. The molecule has 0 aromatic carbocycles. The minimum absolute atomic E-state index is 0.745. The molecule has 1 aliphatic rings. The summed E-state index contributed by atoms with van der Waals surface area (Å²) in [6, 6.07) is 6.86.